The van der Waals surface area contributed by atoms with E-state index in [1.807, 2.05) is 12.1 Å². The van der Waals surface area contributed by atoms with Gasteiger partial charge in [0.1, 0.15) is 0 Å². The number of rotatable bonds is 7. The maximum atomic E-state index is 6.07. The Morgan fingerprint density at radius 2 is 2.04 bits per heavy atom. The van der Waals surface area contributed by atoms with Crippen molar-refractivity contribution in [1.82, 2.24) is 20.5 Å². The predicted molar refractivity (Wildman–Crippen MR) is 105 cm³/mol. The molecule has 1 aliphatic rings. The summed E-state index contributed by atoms with van der Waals surface area (Å²) in [5, 5.41) is 11.5. The number of ether oxygens (including phenoxy) is 2. The number of fused-ring (bicyclic) bond motifs is 1. The highest BCUT2D eigenvalue weighted by Crippen LogP contribution is 2.28. The van der Waals surface area contributed by atoms with Crippen LogP contribution in [0.15, 0.2) is 30.3 Å². The predicted octanol–water partition coefficient (Wildman–Crippen LogP) is 2.41. The lowest BCUT2D eigenvalue weighted by molar-refractivity contribution is -0.0458. The number of anilines is 1. The van der Waals surface area contributed by atoms with Crippen LogP contribution in [0.3, 0.4) is 0 Å². The van der Waals surface area contributed by atoms with Gasteiger partial charge < -0.3 is 20.5 Å². The van der Waals surface area contributed by atoms with Gasteiger partial charge >= 0.3 is 0 Å². The van der Waals surface area contributed by atoms with Crippen LogP contribution in [-0.4, -0.2) is 47.8 Å². The van der Waals surface area contributed by atoms with Crippen molar-refractivity contribution in [3.63, 3.8) is 0 Å². The highest BCUT2D eigenvalue weighted by molar-refractivity contribution is 5.91. The fraction of sp³-hybridized carbons (Fsp3) is 0.400. The Morgan fingerprint density at radius 1 is 1.22 bits per heavy atom. The second kappa shape index (κ2) is 8.04. The average Bonchev–Trinajstić information content (AvgIpc) is 3.32. The lowest BCUT2D eigenvalue weighted by atomic mass is 10.0. The molecule has 1 saturated heterocycles. The number of nitrogen functional groups attached to an aromatic ring is 1. The minimum atomic E-state index is -0.0673. The molecular formula is C20H25N5O2. The van der Waals surface area contributed by atoms with Gasteiger partial charge in [-0.15, -0.1) is 0 Å². The number of aromatic nitrogens is 3. The molecule has 1 aromatic carbocycles. The van der Waals surface area contributed by atoms with Gasteiger partial charge in [-0.1, -0.05) is 24.3 Å². The fourth-order valence-corrected chi connectivity index (χ4v) is 3.47. The molecule has 7 heteroatoms. The zero-order valence-electron chi connectivity index (χ0n) is 15.5. The molecule has 0 aliphatic carbocycles. The van der Waals surface area contributed by atoms with Gasteiger partial charge in [-0.3, -0.25) is 5.10 Å². The molecule has 0 spiro atoms. The summed E-state index contributed by atoms with van der Waals surface area (Å²) in [6.45, 7) is 5.17. The van der Waals surface area contributed by atoms with Crippen LogP contribution in [0.4, 0.5) is 5.82 Å². The Labute approximate surface area is 158 Å². The molecule has 0 radical (unpaired) electrons. The average molecular weight is 367 g/mol. The summed E-state index contributed by atoms with van der Waals surface area (Å²) in [5.41, 5.74) is 11.2. The van der Waals surface area contributed by atoms with Gasteiger partial charge in [0, 0.05) is 12.0 Å². The smallest absolute Gasteiger partial charge is 0.159 e. The number of aromatic amines is 1. The molecule has 142 valence electrons. The molecule has 0 bridgehead atoms. The minimum Gasteiger partial charge on any atom is -0.382 e. The van der Waals surface area contributed by atoms with E-state index in [1.54, 1.807) is 0 Å². The van der Waals surface area contributed by atoms with Crippen molar-refractivity contribution >= 4 is 16.9 Å². The van der Waals surface area contributed by atoms with E-state index in [0.29, 0.717) is 19.0 Å². The third kappa shape index (κ3) is 3.95. The molecule has 3 heterocycles. The van der Waals surface area contributed by atoms with Crippen molar-refractivity contribution in [3.8, 4) is 11.3 Å². The Morgan fingerprint density at radius 3 is 2.85 bits per heavy atom. The maximum Gasteiger partial charge on any atom is 0.159 e. The van der Waals surface area contributed by atoms with Crippen LogP contribution in [-0.2, 0) is 15.9 Å². The molecule has 7 nitrogen and oxygen atoms in total. The van der Waals surface area contributed by atoms with Gasteiger partial charge in [-0.25, -0.2) is 4.98 Å². The van der Waals surface area contributed by atoms with Gasteiger partial charge in [-0.2, -0.15) is 5.10 Å². The zero-order chi connectivity index (χ0) is 18.6. The van der Waals surface area contributed by atoms with Gasteiger partial charge in [-0.05, 0) is 43.6 Å². The summed E-state index contributed by atoms with van der Waals surface area (Å²) in [6.07, 6.45) is 1.63. The van der Waals surface area contributed by atoms with Crippen LogP contribution in [0.1, 0.15) is 17.5 Å². The highest BCUT2D eigenvalue weighted by atomic mass is 16.7. The summed E-state index contributed by atoms with van der Waals surface area (Å²) < 4.78 is 10.9. The number of H-pyrrole nitrogens is 1. The van der Waals surface area contributed by atoms with Crippen LogP contribution < -0.4 is 11.1 Å². The second-order valence-corrected chi connectivity index (χ2v) is 6.77. The third-order valence-corrected chi connectivity index (χ3v) is 4.88. The van der Waals surface area contributed by atoms with E-state index in [1.165, 1.54) is 5.56 Å². The fourth-order valence-electron chi connectivity index (χ4n) is 3.47. The number of hydrogen-bond donors (Lipinski definition) is 3. The van der Waals surface area contributed by atoms with E-state index >= 15 is 0 Å². The lowest BCUT2D eigenvalue weighted by Crippen LogP contribution is -2.23. The minimum absolute atomic E-state index is 0.0673. The van der Waals surface area contributed by atoms with E-state index in [2.05, 4.69) is 40.6 Å². The van der Waals surface area contributed by atoms with Gasteiger partial charge in [0.2, 0.25) is 0 Å². The first-order chi connectivity index (χ1) is 13.2. The lowest BCUT2D eigenvalue weighted by Gasteiger charge is -2.11. The SMILES string of the molecule is Cc1ccccc1-c1cc(CCNCCC2OCCO2)c2c(N)n[nH]c2n1. The number of pyridine rings is 1. The quantitative estimate of drug-likeness (QED) is 0.555. The number of nitrogens with zero attached hydrogens (tertiary/aromatic N) is 2. The van der Waals surface area contributed by atoms with E-state index in [4.69, 9.17) is 20.2 Å². The number of nitrogens with one attached hydrogen (secondary N) is 2. The molecule has 0 amide bonds. The zero-order valence-corrected chi connectivity index (χ0v) is 15.5. The number of hydrogen-bond acceptors (Lipinski definition) is 6. The van der Waals surface area contributed by atoms with Gasteiger partial charge in [0.15, 0.2) is 17.8 Å². The summed E-state index contributed by atoms with van der Waals surface area (Å²) in [4.78, 5) is 4.73. The van der Waals surface area contributed by atoms with Crippen molar-refractivity contribution in [2.45, 2.75) is 26.1 Å². The topological polar surface area (TPSA) is 98.1 Å². The summed E-state index contributed by atoms with van der Waals surface area (Å²) in [6, 6.07) is 10.4. The first kappa shape index (κ1) is 17.9. The van der Waals surface area contributed by atoms with Crippen LogP contribution >= 0.6 is 0 Å². The molecule has 1 aliphatic heterocycles. The van der Waals surface area contributed by atoms with Crippen molar-refractivity contribution in [2.24, 2.45) is 0 Å². The second-order valence-electron chi connectivity index (χ2n) is 6.77. The van der Waals surface area contributed by atoms with Crippen molar-refractivity contribution < 1.29 is 9.47 Å². The molecule has 4 N–H and O–H groups in total. The molecule has 2 aromatic heterocycles. The van der Waals surface area contributed by atoms with Crippen LogP contribution in [0.25, 0.3) is 22.3 Å². The normalized spacial score (nSPS) is 15.0. The molecule has 0 unspecified atom stereocenters. The molecule has 0 saturated carbocycles. The van der Waals surface area contributed by atoms with E-state index in [-0.39, 0.29) is 6.29 Å². The van der Waals surface area contributed by atoms with Crippen molar-refractivity contribution in [2.75, 3.05) is 32.0 Å². The summed E-state index contributed by atoms with van der Waals surface area (Å²) in [7, 11) is 0. The molecule has 0 atom stereocenters. The van der Waals surface area contributed by atoms with Crippen LogP contribution in [0.5, 0.6) is 0 Å². The Hall–Kier alpha value is -2.48. The van der Waals surface area contributed by atoms with E-state index in [9.17, 15) is 0 Å². The summed E-state index contributed by atoms with van der Waals surface area (Å²) >= 11 is 0. The number of aryl methyl sites for hydroxylation is 1. The van der Waals surface area contributed by atoms with Crippen molar-refractivity contribution in [3.05, 3.63) is 41.5 Å². The Balaban J connectivity index is 1.50. The maximum absolute atomic E-state index is 6.07. The van der Waals surface area contributed by atoms with E-state index < -0.39 is 0 Å². The number of nitrogens with two attached hydrogens (primary N) is 1. The van der Waals surface area contributed by atoms with Crippen molar-refractivity contribution in [1.29, 1.82) is 0 Å². The highest BCUT2D eigenvalue weighted by Gasteiger charge is 2.16. The molecule has 4 rings (SSSR count). The molecule has 27 heavy (non-hydrogen) atoms. The Bertz CT molecular complexity index is 918. The first-order valence-corrected chi connectivity index (χ1v) is 9.36. The molecule has 3 aromatic rings. The monoisotopic (exact) mass is 367 g/mol. The molecular weight excluding hydrogens is 342 g/mol. The first-order valence-electron chi connectivity index (χ1n) is 9.36. The summed E-state index contributed by atoms with van der Waals surface area (Å²) in [5.74, 6) is 0.497. The van der Waals surface area contributed by atoms with Crippen LogP contribution in [0.2, 0.25) is 0 Å². The van der Waals surface area contributed by atoms with E-state index in [0.717, 1.165) is 53.8 Å². The standard InChI is InChI=1S/C20H25N5O2/c1-13-4-2-3-5-15(13)16-12-14(18-19(21)24-25-20(18)23-16)6-8-22-9-7-17-26-10-11-27-17/h2-5,12,17,22H,6-11H2,1H3,(H3,21,23,24,25). The Kier molecular flexibility index (Phi) is 5.33. The largest absolute Gasteiger partial charge is 0.382 e. The van der Waals surface area contributed by atoms with Gasteiger partial charge in [0.05, 0.1) is 24.3 Å². The van der Waals surface area contributed by atoms with Crippen LogP contribution in [0, 0.1) is 6.92 Å². The molecule has 1 fully saturated rings. The third-order valence-electron chi connectivity index (χ3n) is 4.88. The van der Waals surface area contributed by atoms with Gasteiger partial charge in [0.25, 0.3) is 0 Å². The number of benzene rings is 1.